The monoisotopic (exact) mass is 365 g/mol. The summed E-state index contributed by atoms with van der Waals surface area (Å²) in [6.45, 7) is 3.03. The van der Waals surface area contributed by atoms with Crippen molar-refractivity contribution in [2.45, 2.75) is 20.0 Å². The van der Waals surface area contributed by atoms with Crippen molar-refractivity contribution < 1.29 is 23.9 Å². The number of fused-ring (bicyclic) bond motifs is 1. The van der Waals surface area contributed by atoms with E-state index in [0.29, 0.717) is 22.6 Å². The number of carbonyl (C=O) groups excluding carboxylic acids is 3. The van der Waals surface area contributed by atoms with Crippen LogP contribution < -0.4 is 10.1 Å². The molecular weight excluding hydrogens is 346 g/mol. The van der Waals surface area contributed by atoms with E-state index in [0.717, 1.165) is 5.56 Å². The fourth-order valence-corrected chi connectivity index (χ4v) is 2.68. The molecule has 1 aliphatic rings. The topological polar surface area (TPSA) is 81.7 Å². The van der Waals surface area contributed by atoms with Crippen LogP contribution in [-0.4, -0.2) is 30.4 Å². The normalized spacial score (nSPS) is 13.5. The third-order valence-electron chi connectivity index (χ3n) is 4.04. The zero-order valence-corrected chi connectivity index (χ0v) is 15.0. The highest BCUT2D eigenvalue weighted by atomic mass is 16.5. The molecule has 0 fully saturated rings. The molecule has 1 aliphatic heterocycles. The molecule has 138 valence electrons. The third kappa shape index (κ3) is 4.41. The highest BCUT2D eigenvalue weighted by molar-refractivity contribution is 6.02. The lowest BCUT2D eigenvalue weighted by molar-refractivity contribution is -0.142. The lowest BCUT2D eigenvalue weighted by Gasteiger charge is -2.18. The van der Waals surface area contributed by atoms with Crippen LogP contribution in [0.25, 0.3) is 6.08 Å². The molecule has 27 heavy (non-hydrogen) atoms. The van der Waals surface area contributed by atoms with Crippen LogP contribution in [0.1, 0.15) is 29.8 Å². The Hall–Kier alpha value is -3.41. The molecule has 2 aromatic carbocycles. The summed E-state index contributed by atoms with van der Waals surface area (Å²) in [6.07, 6.45) is 0.766. The van der Waals surface area contributed by atoms with E-state index in [1.165, 1.54) is 13.8 Å². The van der Waals surface area contributed by atoms with E-state index in [4.69, 9.17) is 9.47 Å². The van der Waals surface area contributed by atoms with Crippen LogP contribution in [0.5, 0.6) is 5.75 Å². The second-order valence-corrected chi connectivity index (χ2v) is 6.17. The van der Waals surface area contributed by atoms with E-state index in [-0.39, 0.29) is 18.3 Å². The lowest BCUT2D eigenvalue weighted by atomic mass is 10.1. The number of rotatable bonds is 5. The van der Waals surface area contributed by atoms with Gasteiger partial charge < -0.3 is 14.8 Å². The molecule has 0 saturated heterocycles. The lowest BCUT2D eigenvalue weighted by Crippen LogP contribution is -2.27. The first kappa shape index (κ1) is 18.4. The van der Waals surface area contributed by atoms with Gasteiger partial charge in [0, 0.05) is 23.7 Å². The zero-order valence-electron chi connectivity index (χ0n) is 15.0. The molecule has 0 radical (unpaired) electrons. The minimum Gasteiger partial charge on any atom is -0.488 e. The molecule has 0 saturated carbocycles. The average molecular weight is 365 g/mol. The minimum absolute atomic E-state index is 0.0994. The first-order valence-corrected chi connectivity index (χ1v) is 8.49. The van der Waals surface area contributed by atoms with Crippen LogP contribution in [0, 0.1) is 0 Å². The van der Waals surface area contributed by atoms with Gasteiger partial charge in [0.1, 0.15) is 12.4 Å². The van der Waals surface area contributed by atoms with E-state index in [1.807, 2.05) is 24.3 Å². The van der Waals surface area contributed by atoms with Crippen molar-refractivity contribution in [2.75, 3.05) is 11.9 Å². The fourth-order valence-electron chi connectivity index (χ4n) is 2.68. The van der Waals surface area contributed by atoms with E-state index in [2.05, 4.69) is 5.32 Å². The van der Waals surface area contributed by atoms with Gasteiger partial charge in [-0.15, -0.1) is 0 Å². The molecule has 1 atom stereocenters. The summed E-state index contributed by atoms with van der Waals surface area (Å²) in [4.78, 5) is 35.9. The molecule has 0 aliphatic carbocycles. The summed E-state index contributed by atoms with van der Waals surface area (Å²) in [7, 11) is 0. The zero-order chi connectivity index (χ0) is 19.4. The van der Waals surface area contributed by atoms with Crippen LogP contribution in [-0.2, 0) is 14.3 Å². The summed E-state index contributed by atoms with van der Waals surface area (Å²) < 4.78 is 10.8. The van der Waals surface area contributed by atoms with Crippen molar-refractivity contribution in [1.82, 2.24) is 0 Å². The fraction of sp³-hybridized carbons (Fsp3) is 0.190. The number of ether oxygens (including phenoxy) is 2. The number of para-hydroxylation sites is 1. The second-order valence-electron chi connectivity index (χ2n) is 6.17. The van der Waals surface area contributed by atoms with E-state index in [1.54, 1.807) is 30.3 Å². The maximum Gasteiger partial charge on any atom is 0.338 e. The molecule has 0 aromatic heterocycles. The van der Waals surface area contributed by atoms with E-state index >= 15 is 0 Å². The maximum absolute atomic E-state index is 12.5. The van der Waals surface area contributed by atoms with Gasteiger partial charge in [-0.1, -0.05) is 18.2 Å². The Morgan fingerprint density at radius 2 is 1.78 bits per heavy atom. The molecule has 1 N–H and O–H groups in total. The number of esters is 1. The SMILES string of the molecule is CC(=O)Nc1ccc(C(=O)[C@@H](C)OC(=O)C2=Cc3ccccc3OC2)cc1. The Kier molecular flexibility index (Phi) is 5.35. The predicted octanol–water partition coefficient (Wildman–Crippen LogP) is 3.24. The number of hydrogen-bond acceptors (Lipinski definition) is 5. The first-order chi connectivity index (χ1) is 12.9. The van der Waals surface area contributed by atoms with Crippen LogP contribution >= 0.6 is 0 Å². The average Bonchev–Trinajstić information content (AvgIpc) is 2.67. The molecule has 6 heteroatoms. The summed E-state index contributed by atoms with van der Waals surface area (Å²) in [5, 5.41) is 2.63. The summed E-state index contributed by atoms with van der Waals surface area (Å²) >= 11 is 0. The Labute approximate surface area is 156 Å². The van der Waals surface area contributed by atoms with Gasteiger partial charge in [-0.3, -0.25) is 9.59 Å². The van der Waals surface area contributed by atoms with Crippen molar-refractivity contribution in [3.05, 3.63) is 65.2 Å². The first-order valence-electron chi connectivity index (χ1n) is 8.49. The van der Waals surface area contributed by atoms with E-state index < -0.39 is 12.1 Å². The number of carbonyl (C=O) groups is 3. The number of nitrogens with one attached hydrogen (secondary N) is 1. The number of ketones is 1. The number of benzene rings is 2. The quantitative estimate of drug-likeness (QED) is 0.650. The Balaban J connectivity index is 1.65. The Bertz CT molecular complexity index is 914. The number of amides is 1. The second kappa shape index (κ2) is 7.86. The molecule has 0 bridgehead atoms. The minimum atomic E-state index is -0.942. The van der Waals surface area contributed by atoms with Crippen LogP contribution in [0.3, 0.4) is 0 Å². The maximum atomic E-state index is 12.5. The number of hydrogen-bond donors (Lipinski definition) is 1. The van der Waals surface area contributed by atoms with Gasteiger partial charge in [0.05, 0.1) is 5.57 Å². The molecule has 1 heterocycles. The standard InChI is InChI=1S/C21H19NO5/c1-13(20(24)15-7-9-18(10-8-15)22-14(2)23)27-21(25)17-11-16-5-3-4-6-19(16)26-12-17/h3-11,13H,12H2,1-2H3,(H,22,23)/t13-/m1/s1. The number of anilines is 1. The van der Waals surface area contributed by atoms with Crippen molar-refractivity contribution in [2.24, 2.45) is 0 Å². The Morgan fingerprint density at radius 3 is 2.48 bits per heavy atom. The van der Waals surface area contributed by atoms with Gasteiger partial charge in [0.25, 0.3) is 0 Å². The van der Waals surface area contributed by atoms with Crippen molar-refractivity contribution >= 4 is 29.4 Å². The van der Waals surface area contributed by atoms with Gasteiger partial charge in [-0.25, -0.2) is 4.79 Å². The van der Waals surface area contributed by atoms with Crippen molar-refractivity contribution in [3.63, 3.8) is 0 Å². The molecule has 2 aromatic rings. The molecule has 1 amide bonds. The summed E-state index contributed by atoms with van der Waals surface area (Å²) in [5.41, 5.74) is 2.13. The van der Waals surface area contributed by atoms with Gasteiger partial charge in [0.2, 0.25) is 11.7 Å². The Morgan fingerprint density at radius 1 is 1.07 bits per heavy atom. The molecular formula is C21H19NO5. The largest absolute Gasteiger partial charge is 0.488 e. The third-order valence-corrected chi connectivity index (χ3v) is 4.04. The van der Waals surface area contributed by atoms with Crippen LogP contribution in [0.2, 0.25) is 0 Å². The van der Waals surface area contributed by atoms with Crippen molar-refractivity contribution in [3.8, 4) is 5.75 Å². The smallest absolute Gasteiger partial charge is 0.338 e. The van der Waals surface area contributed by atoms with Gasteiger partial charge >= 0.3 is 5.97 Å². The predicted molar refractivity (Wildman–Crippen MR) is 101 cm³/mol. The van der Waals surface area contributed by atoms with Gasteiger partial charge in [-0.05, 0) is 43.3 Å². The van der Waals surface area contributed by atoms with Crippen molar-refractivity contribution in [1.29, 1.82) is 0 Å². The highest BCUT2D eigenvalue weighted by Gasteiger charge is 2.24. The molecule has 0 unspecified atom stereocenters. The molecule has 0 spiro atoms. The van der Waals surface area contributed by atoms with Gasteiger partial charge in [-0.2, -0.15) is 0 Å². The van der Waals surface area contributed by atoms with Gasteiger partial charge in [0.15, 0.2) is 6.10 Å². The van der Waals surface area contributed by atoms with Crippen LogP contribution in [0.15, 0.2) is 54.1 Å². The highest BCUT2D eigenvalue weighted by Crippen LogP contribution is 2.26. The molecule has 3 rings (SSSR count). The van der Waals surface area contributed by atoms with E-state index in [9.17, 15) is 14.4 Å². The molecule has 6 nitrogen and oxygen atoms in total. The number of Topliss-reactive ketones (excluding diaryl/α,β-unsaturated/α-hetero) is 1. The summed E-state index contributed by atoms with van der Waals surface area (Å²) in [5.74, 6) is -0.394. The van der Waals surface area contributed by atoms with Crippen LogP contribution in [0.4, 0.5) is 5.69 Å². The summed E-state index contributed by atoms with van der Waals surface area (Å²) in [6, 6.07) is 13.8.